The molecule has 0 amide bonds. The Morgan fingerprint density at radius 1 is 1.13 bits per heavy atom. The first-order chi connectivity index (χ1) is 11.0. The van der Waals surface area contributed by atoms with E-state index in [9.17, 15) is 4.79 Å². The summed E-state index contributed by atoms with van der Waals surface area (Å²) in [6, 6.07) is 10.8. The van der Waals surface area contributed by atoms with Crippen molar-refractivity contribution in [2.75, 3.05) is 10.6 Å². The van der Waals surface area contributed by atoms with Gasteiger partial charge in [-0.2, -0.15) is 0 Å². The van der Waals surface area contributed by atoms with Crippen LogP contribution in [0.4, 0.5) is 11.5 Å². The van der Waals surface area contributed by atoms with Gasteiger partial charge in [0.05, 0.1) is 0 Å². The number of rotatable bonds is 2. The summed E-state index contributed by atoms with van der Waals surface area (Å²) in [6.07, 6.45) is 1.72. The topological polar surface area (TPSA) is 67.2 Å². The van der Waals surface area contributed by atoms with E-state index in [0.29, 0.717) is 16.5 Å². The van der Waals surface area contributed by atoms with Gasteiger partial charge in [-0.05, 0) is 61.5 Å². The molecule has 6 heteroatoms. The van der Waals surface area contributed by atoms with Crippen molar-refractivity contribution in [1.29, 1.82) is 0 Å². The van der Waals surface area contributed by atoms with Crippen molar-refractivity contribution in [2.24, 2.45) is 0 Å². The van der Waals surface area contributed by atoms with Crippen molar-refractivity contribution in [3.05, 3.63) is 64.1 Å². The van der Waals surface area contributed by atoms with Gasteiger partial charge in [-0.1, -0.05) is 0 Å². The Morgan fingerprint density at radius 3 is 2.74 bits per heavy atom. The number of aryl methyl sites for hydroxylation is 2. The van der Waals surface area contributed by atoms with Crippen LogP contribution < -0.4 is 16.3 Å². The van der Waals surface area contributed by atoms with Gasteiger partial charge < -0.3 is 15.1 Å². The van der Waals surface area contributed by atoms with Gasteiger partial charge in [0.1, 0.15) is 11.4 Å². The Morgan fingerprint density at radius 2 is 1.96 bits per heavy atom. The third-order valence-electron chi connectivity index (χ3n) is 3.37. The van der Waals surface area contributed by atoms with Crippen LogP contribution in [0.1, 0.15) is 11.1 Å². The van der Waals surface area contributed by atoms with E-state index in [4.69, 9.17) is 16.6 Å². The minimum atomic E-state index is -0.364. The minimum absolute atomic E-state index is 0.364. The van der Waals surface area contributed by atoms with E-state index < -0.39 is 0 Å². The summed E-state index contributed by atoms with van der Waals surface area (Å²) in [6.45, 7) is 3.86. The van der Waals surface area contributed by atoms with Crippen molar-refractivity contribution < 1.29 is 4.42 Å². The largest absolute Gasteiger partial charge is 0.423 e. The van der Waals surface area contributed by atoms with Crippen LogP contribution in [-0.4, -0.2) is 10.1 Å². The van der Waals surface area contributed by atoms with E-state index in [0.717, 1.165) is 22.2 Å². The van der Waals surface area contributed by atoms with Gasteiger partial charge in [-0.3, -0.25) is 0 Å². The SMILES string of the molecule is Cc1ccnc(NC(=S)Nc2ccc3c(C)cc(=O)oc3c2)c1. The number of aromatic nitrogens is 1. The smallest absolute Gasteiger partial charge is 0.336 e. The van der Waals surface area contributed by atoms with E-state index in [1.165, 1.54) is 6.07 Å². The van der Waals surface area contributed by atoms with Gasteiger partial charge in [-0.15, -0.1) is 0 Å². The van der Waals surface area contributed by atoms with E-state index >= 15 is 0 Å². The van der Waals surface area contributed by atoms with Gasteiger partial charge >= 0.3 is 5.63 Å². The van der Waals surface area contributed by atoms with Gasteiger partial charge in [0.25, 0.3) is 0 Å². The first-order valence-electron chi connectivity index (χ1n) is 7.06. The van der Waals surface area contributed by atoms with Crippen LogP contribution in [0.25, 0.3) is 11.0 Å². The number of hydrogen-bond acceptors (Lipinski definition) is 4. The Bertz CT molecular complexity index is 950. The van der Waals surface area contributed by atoms with Gasteiger partial charge in [0.15, 0.2) is 5.11 Å². The van der Waals surface area contributed by atoms with Crippen molar-refractivity contribution in [1.82, 2.24) is 4.98 Å². The number of pyridine rings is 1. The lowest BCUT2D eigenvalue weighted by Gasteiger charge is -2.11. The molecule has 0 aliphatic heterocycles. The normalized spacial score (nSPS) is 10.5. The second-order valence-electron chi connectivity index (χ2n) is 5.26. The molecule has 2 heterocycles. The first kappa shape index (κ1) is 15.2. The molecule has 1 aromatic carbocycles. The molecule has 0 unspecified atom stereocenters. The fourth-order valence-corrected chi connectivity index (χ4v) is 2.51. The summed E-state index contributed by atoms with van der Waals surface area (Å²) >= 11 is 5.28. The lowest BCUT2D eigenvalue weighted by Crippen LogP contribution is -2.19. The molecule has 0 atom stereocenters. The number of nitrogens with zero attached hydrogens (tertiary/aromatic N) is 1. The van der Waals surface area contributed by atoms with Crippen molar-refractivity contribution >= 4 is 39.8 Å². The van der Waals surface area contributed by atoms with Gasteiger partial charge in [0.2, 0.25) is 0 Å². The molecule has 2 aromatic heterocycles. The molecule has 5 nitrogen and oxygen atoms in total. The van der Waals surface area contributed by atoms with Gasteiger partial charge in [0, 0.05) is 29.4 Å². The van der Waals surface area contributed by atoms with Crippen molar-refractivity contribution in [2.45, 2.75) is 13.8 Å². The van der Waals surface area contributed by atoms with E-state index in [2.05, 4.69) is 15.6 Å². The Kier molecular flexibility index (Phi) is 4.08. The molecule has 0 fully saturated rings. The Labute approximate surface area is 138 Å². The highest BCUT2D eigenvalue weighted by atomic mass is 32.1. The maximum Gasteiger partial charge on any atom is 0.336 e. The summed E-state index contributed by atoms with van der Waals surface area (Å²) in [5, 5.41) is 7.39. The number of fused-ring (bicyclic) bond motifs is 1. The molecule has 0 saturated carbocycles. The lowest BCUT2D eigenvalue weighted by molar-refractivity contribution is 0.560. The van der Waals surface area contributed by atoms with Crippen LogP contribution in [-0.2, 0) is 0 Å². The molecule has 0 spiro atoms. The van der Waals surface area contributed by atoms with Crippen LogP contribution in [0.5, 0.6) is 0 Å². The highest BCUT2D eigenvalue weighted by molar-refractivity contribution is 7.80. The van der Waals surface area contributed by atoms with Crippen molar-refractivity contribution in [3.8, 4) is 0 Å². The standard InChI is InChI=1S/C17H15N3O2S/c1-10-5-6-18-15(7-10)20-17(23)19-12-3-4-13-11(2)8-16(21)22-14(13)9-12/h3-9H,1-2H3,(H2,18,19,20,23). The number of anilines is 2. The Hall–Kier alpha value is -2.73. The zero-order chi connectivity index (χ0) is 16.4. The summed E-state index contributed by atoms with van der Waals surface area (Å²) < 4.78 is 5.23. The molecule has 3 aromatic rings. The van der Waals surface area contributed by atoms with Crippen LogP contribution in [0.2, 0.25) is 0 Å². The van der Waals surface area contributed by atoms with E-state index in [-0.39, 0.29) is 5.63 Å². The fraction of sp³-hybridized carbons (Fsp3) is 0.118. The van der Waals surface area contributed by atoms with Crippen LogP contribution in [0, 0.1) is 13.8 Å². The molecule has 0 radical (unpaired) electrons. The second kappa shape index (κ2) is 6.18. The zero-order valence-corrected chi connectivity index (χ0v) is 13.5. The first-order valence-corrected chi connectivity index (χ1v) is 7.47. The molecule has 3 rings (SSSR count). The number of nitrogens with one attached hydrogen (secondary N) is 2. The maximum atomic E-state index is 11.5. The summed E-state index contributed by atoms with van der Waals surface area (Å²) in [5.41, 5.74) is 2.87. The van der Waals surface area contributed by atoms with Gasteiger partial charge in [-0.25, -0.2) is 9.78 Å². The van der Waals surface area contributed by atoms with Crippen LogP contribution >= 0.6 is 12.2 Å². The third kappa shape index (κ3) is 3.54. The molecule has 0 aliphatic carbocycles. The third-order valence-corrected chi connectivity index (χ3v) is 3.57. The Balaban J connectivity index is 1.81. The second-order valence-corrected chi connectivity index (χ2v) is 5.67. The molecular formula is C17H15N3O2S. The monoisotopic (exact) mass is 325 g/mol. The molecule has 0 bridgehead atoms. The minimum Gasteiger partial charge on any atom is -0.423 e. The average molecular weight is 325 g/mol. The quantitative estimate of drug-likeness (QED) is 0.554. The van der Waals surface area contributed by atoms with E-state index in [1.807, 2.05) is 38.1 Å². The fourth-order valence-electron chi connectivity index (χ4n) is 2.29. The maximum absolute atomic E-state index is 11.5. The average Bonchev–Trinajstić information content (AvgIpc) is 2.46. The zero-order valence-electron chi connectivity index (χ0n) is 12.7. The van der Waals surface area contributed by atoms with Crippen LogP contribution in [0.3, 0.4) is 0 Å². The lowest BCUT2D eigenvalue weighted by atomic mass is 10.1. The molecular weight excluding hydrogens is 310 g/mol. The van der Waals surface area contributed by atoms with Crippen molar-refractivity contribution in [3.63, 3.8) is 0 Å². The number of benzene rings is 1. The number of thiocarbonyl (C=S) groups is 1. The highest BCUT2D eigenvalue weighted by Crippen LogP contribution is 2.20. The molecule has 116 valence electrons. The molecule has 0 aliphatic rings. The summed E-state index contributed by atoms with van der Waals surface area (Å²) in [5.74, 6) is 0.672. The van der Waals surface area contributed by atoms with Crippen LogP contribution in [0.15, 0.2) is 51.8 Å². The summed E-state index contributed by atoms with van der Waals surface area (Å²) in [4.78, 5) is 15.7. The molecule has 2 N–H and O–H groups in total. The predicted octanol–water partition coefficient (Wildman–Crippen LogP) is 3.61. The molecule has 23 heavy (non-hydrogen) atoms. The van der Waals surface area contributed by atoms with E-state index in [1.54, 1.807) is 12.3 Å². The predicted molar refractivity (Wildman–Crippen MR) is 96.0 cm³/mol. The number of hydrogen-bond donors (Lipinski definition) is 2. The highest BCUT2D eigenvalue weighted by Gasteiger charge is 2.05. The molecule has 0 saturated heterocycles. The summed E-state index contributed by atoms with van der Waals surface area (Å²) in [7, 11) is 0.